The van der Waals surface area contributed by atoms with E-state index in [9.17, 15) is 13.2 Å². The van der Waals surface area contributed by atoms with Crippen LogP contribution in [0.2, 0.25) is 5.15 Å². The molecule has 0 radical (unpaired) electrons. The highest BCUT2D eigenvalue weighted by Gasteiger charge is 2.30. The minimum absolute atomic E-state index is 0.201. The van der Waals surface area contributed by atoms with E-state index in [1.165, 1.54) is 18.5 Å². The molecule has 6 heteroatoms. The van der Waals surface area contributed by atoms with Gasteiger partial charge in [-0.15, -0.1) is 0 Å². The van der Waals surface area contributed by atoms with E-state index in [0.29, 0.717) is 16.8 Å². The second-order valence-electron chi connectivity index (χ2n) is 3.75. The molecular formula is C12H8ClF3N2. The molecule has 0 aliphatic rings. The van der Waals surface area contributed by atoms with Crippen molar-refractivity contribution in [2.75, 3.05) is 0 Å². The predicted octanol–water partition coefficient (Wildman–Crippen LogP) is 4.12. The van der Waals surface area contributed by atoms with Crippen LogP contribution in [-0.2, 0) is 6.18 Å². The number of aromatic nitrogens is 2. The van der Waals surface area contributed by atoms with Gasteiger partial charge >= 0.3 is 6.18 Å². The van der Waals surface area contributed by atoms with Crippen molar-refractivity contribution < 1.29 is 13.2 Å². The smallest absolute Gasteiger partial charge is 0.259 e. The highest BCUT2D eigenvalue weighted by molar-refractivity contribution is 6.29. The van der Waals surface area contributed by atoms with Crippen LogP contribution in [0.25, 0.3) is 11.3 Å². The SMILES string of the molecule is Cc1cc(C(F)(F)F)ccc1-c1cncc(Cl)n1. The van der Waals surface area contributed by atoms with Crippen LogP contribution in [0.15, 0.2) is 30.6 Å². The van der Waals surface area contributed by atoms with Crippen LogP contribution >= 0.6 is 11.6 Å². The van der Waals surface area contributed by atoms with Crippen LogP contribution in [0, 0.1) is 6.92 Å². The Labute approximate surface area is 106 Å². The van der Waals surface area contributed by atoms with Gasteiger partial charge in [0.1, 0.15) is 5.15 Å². The first-order chi connectivity index (χ1) is 8.38. The number of hydrogen-bond acceptors (Lipinski definition) is 2. The van der Waals surface area contributed by atoms with Crippen molar-refractivity contribution in [2.24, 2.45) is 0 Å². The molecular weight excluding hydrogens is 265 g/mol. The summed E-state index contributed by atoms with van der Waals surface area (Å²) in [6.45, 7) is 1.59. The third kappa shape index (κ3) is 2.61. The van der Waals surface area contributed by atoms with Crippen molar-refractivity contribution in [3.63, 3.8) is 0 Å². The molecule has 0 aliphatic carbocycles. The molecule has 2 rings (SSSR count). The summed E-state index contributed by atoms with van der Waals surface area (Å²) in [5.41, 5.74) is 0.826. The predicted molar refractivity (Wildman–Crippen MR) is 62.2 cm³/mol. The quantitative estimate of drug-likeness (QED) is 0.780. The molecule has 94 valence electrons. The summed E-state index contributed by atoms with van der Waals surface area (Å²) in [6, 6.07) is 3.47. The summed E-state index contributed by atoms with van der Waals surface area (Å²) in [6.07, 6.45) is -1.52. The second-order valence-corrected chi connectivity index (χ2v) is 4.14. The molecule has 0 spiro atoms. The van der Waals surface area contributed by atoms with E-state index in [2.05, 4.69) is 9.97 Å². The first-order valence-electron chi connectivity index (χ1n) is 5.03. The summed E-state index contributed by atoms with van der Waals surface area (Å²) in [5, 5.41) is 0.201. The third-order valence-corrected chi connectivity index (χ3v) is 2.62. The molecule has 0 saturated heterocycles. The Morgan fingerprint density at radius 3 is 2.44 bits per heavy atom. The largest absolute Gasteiger partial charge is 0.416 e. The van der Waals surface area contributed by atoms with Gasteiger partial charge in [-0.05, 0) is 24.6 Å². The first-order valence-corrected chi connectivity index (χ1v) is 5.41. The Hall–Kier alpha value is -1.62. The van der Waals surface area contributed by atoms with Gasteiger partial charge in [0, 0.05) is 5.56 Å². The standard InChI is InChI=1S/C12H8ClF3N2/c1-7-4-8(12(14,15)16)2-3-9(7)10-5-17-6-11(13)18-10/h2-6H,1H3. The van der Waals surface area contributed by atoms with E-state index >= 15 is 0 Å². The highest BCUT2D eigenvalue weighted by Crippen LogP contribution is 2.32. The maximum Gasteiger partial charge on any atom is 0.416 e. The van der Waals surface area contributed by atoms with Crippen molar-refractivity contribution in [2.45, 2.75) is 13.1 Å². The van der Waals surface area contributed by atoms with Gasteiger partial charge in [-0.3, -0.25) is 4.98 Å². The number of hydrogen-bond donors (Lipinski definition) is 0. The molecule has 0 atom stereocenters. The van der Waals surface area contributed by atoms with Crippen LogP contribution < -0.4 is 0 Å². The highest BCUT2D eigenvalue weighted by atomic mass is 35.5. The minimum Gasteiger partial charge on any atom is -0.259 e. The maximum absolute atomic E-state index is 12.5. The summed E-state index contributed by atoms with van der Waals surface area (Å²) >= 11 is 5.70. The average Bonchev–Trinajstić information content (AvgIpc) is 2.27. The Morgan fingerprint density at radius 1 is 1.17 bits per heavy atom. The Balaban J connectivity index is 2.48. The lowest BCUT2D eigenvalue weighted by atomic mass is 10.0. The van der Waals surface area contributed by atoms with E-state index < -0.39 is 11.7 Å². The lowest BCUT2D eigenvalue weighted by molar-refractivity contribution is -0.137. The van der Waals surface area contributed by atoms with Crippen molar-refractivity contribution in [3.8, 4) is 11.3 Å². The maximum atomic E-state index is 12.5. The Bertz CT molecular complexity index is 582. The lowest BCUT2D eigenvalue weighted by Gasteiger charge is -2.10. The Kier molecular flexibility index (Phi) is 3.26. The molecule has 0 unspecified atom stereocenters. The zero-order valence-electron chi connectivity index (χ0n) is 9.29. The van der Waals surface area contributed by atoms with E-state index in [1.807, 2.05) is 0 Å². The van der Waals surface area contributed by atoms with Gasteiger partial charge < -0.3 is 0 Å². The van der Waals surface area contributed by atoms with Gasteiger partial charge in [0.2, 0.25) is 0 Å². The third-order valence-electron chi connectivity index (χ3n) is 2.43. The molecule has 2 nitrogen and oxygen atoms in total. The summed E-state index contributed by atoms with van der Waals surface area (Å²) in [5.74, 6) is 0. The molecule has 1 heterocycles. The number of halogens is 4. The number of nitrogens with zero attached hydrogens (tertiary/aromatic N) is 2. The van der Waals surface area contributed by atoms with Gasteiger partial charge in [-0.2, -0.15) is 13.2 Å². The van der Waals surface area contributed by atoms with Crippen molar-refractivity contribution in [1.29, 1.82) is 0 Å². The fraction of sp³-hybridized carbons (Fsp3) is 0.167. The number of rotatable bonds is 1. The van der Waals surface area contributed by atoms with E-state index in [-0.39, 0.29) is 5.15 Å². The van der Waals surface area contributed by atoms with Crippen molar-refractivity contribution >= 4 is 11.6 Å². The summed E-state index contributed by atoms with van der Waals surface area (Å²) < 4.78 is 37.6. The normalized spacial score (nSPS) is 11.6. The van der Waals surface area contributed by atoms with Crippen LogP contribution in [0.3, 0.4) is 0 Å². The number of alkyl halides is 3. The Morgan fingerprint density at radius 2 is 1.89 bits per heavy atom. The van der Waals surface area contributed by atoms with Gasteiger partial charge in [-0.1, -0.05) is 17.7 Å². The molecule has 18 heavy (non-hydrogen) atoms. The molecule has 0 fully saturated rings. The van der Waals surface area contributed by atoms with Crippen molar-refractivity contribution in [1.82, 2.24) is 9.97 Å². The fourth-order valence-electron chi connectivity index (χ4n) is 1.60. The summed E-state index contributed by atoms with van der Waals surface area (Å²) in [4.78, 5) is 7.87. The van der Waals surface area contributed by atoms with E-state index in [1.54, 1.807) is 6.92 Å². The van der Waals surface area contributed by atoms with Crippen LogP contribution in [-0.4, -0.2) is 9.97 Å². The van der Waals surface area contributed by atoms with E-state index in [4.69, 9.17) is 11.6 Å². The molecule has 2 aromatic rings. The minimum atomic E-state index is -4.34. The molecule has 0 bridgehead atoms. The molecule has 0 saturated carbocycles. The zero-order chi connectivity index (χ0) is 13.3. The van der Waals surface area contributed by atoms with Gasteiger partial charge in [0.25, 0.3) is 0 Å². The fourth-order valence-corrected chi connectivity index (χ4v) is 1.75. The van der Waals surface area contributed by atoms with Crippen LogP contribution in [0.5, 0.6) is 0 Å². The van der Waals surface area contributed by atoms with Gasteiger partial charge in [-0.25, -0.2) is 4.98 Å². The number of benzene rings is 1. The zero-order valence-corrected chi connectivity index (χ0v) is 10.0. The van der Waals surface area contributed by atoms with Gasteiger partial charge in [0.05, 0.1) is 23.7 Å². The molecule has 1 aromatic carbocycles. The average molecular weight is 273 g/mol. The first kappa shape index (κ1) is 12.8. The molecule has 0 amide bonds. The second kappa shape index (κ2) is 4.57. The van der Waals surface area contributed by atoms with Crippen LogP contribution in [0.4, 0.5) is 13.2 Å². The van der Waals surface area contributed by atoms with E-state index in [0.717, 1.165) is 12.1 Å². The van der Waals surface area contributed by atoms with Crippen molar-refractivity contribution in [3.05, 3.63) is 46.9 Å². The lowest BCUT2D eigenvalue weighted by Crippen LogP contribution is -2.05. The molecule has 0 N–H and O–H groups in total. The van der Waals surface area contributed by atoms with Crippen LogP contribution in [0.1, 0.15) is 11.1 Å². The van der Waals surface area contributed by atoms with Gasteiger partial charge in [0.15, 0.2) is 0 Å². The number of aryl methyl sites for hydroxylation is 1. The molecule has 0 aliphatic heterocycles. The summed E-state index contributed by atoms with van der Waals surface area (Å²) in [7, 11) is 0. The topological polar surface area (TPSA) is 25.8 Å². The monoisotopic (exact) mass is 272 g/mol. The molecule has 1 aromatic heterocycles.